The van der Waals surface area contributed by atoms with E-state index >= 15 is 0 Å². The lowest BCUT2D eigenvalue weighted by Gasteiger charge is -2.14. The largest absolute Gasteiger partial charge is 0.490 e. The third kappa shape index (κ3) is 4.12. The summed E-state index contributed by atoms with van der Waals surface area (Å²) in [6.45, 7) is 2.48. The molecule has 1 aromatic carbocycles. The van der Waals surface area contributed by atoms with Gasteiger partial charge in [-0.25, -0.2) is 4.98 Å². The molecule has 7 heteroatoms. The molecule has 0 saturated carbocycles. The number of carbonyl (C=O) groups is 1. The minimum Gasteiger partial charge on any atom is -0.490 e. The van der Waals surface area contributed by atoms with E-state index in [0.29, 0.717) is 28.9 Å². The molecule has 1 atom stereocenters. The summed E-state index contributed by atoms with van der Waals surface area (Å²) >= 11 is 11.9. The van der Waals surface area contributed by atoms with Crippen molar-refractivity contribution in [3.8, 4) is 5.75 Å². The Kier molecular flexibility index (Phi) is 5.47. The number of amides is 1. The lowest BCUT2D eigenvalue weighted by atomic mass is 10.3. The lowest BCUT2D eigenvalue weighted by molar-refractivity contribution is -0.123. The molecular weight excluding hydrogens is 313 g/mol. The van der Waals surface area contributed by atoms with Gasteiger partial charge in [0.25, 0.3) is 0 Å². The van der Waals surface area contributed by atoms with Gasteiger partial charge in [0.15, 0.2) is 0 Å². The Balaban J connectivity index is 1.77. The zero-order chi connectivity index (χ0) is 15.2. The number of nitrogens with zero attached hydrogens (tertiary/aromatic N) is 2. The van der Waals surface area contributed by atoms with Crippen LogP contribution in [-0.4, -0.2) is 28.6 Å². The second kappa shape index (κ2) is 7.33. The second-order valence-corrected chi connectivity index (χ2v) is 5.16. The monoisotopic (exact) mass is 327 g/mol. The number of rotatable bonds is 6. The van der Waals surface area contributed by atoms with Crippen LogP contribution in [-0.2, 0) is 4.79 Å². The average Bonchev–Trinajstić information content (AvgIpc) is 3.01. The van der Waals surface area contributed by atoms with Gasteiger partial charge in [0.05, 0.1) is 17.9 Å². The van der Waals surface area contributed by atoms with E-state index in [-0.39, 0.29) is 11.9 Å². The molecule has 1 unspecified atom stereocenters. The van der Waals surface area contributed by atoms with Crippen molar-refractivity contribution in [1.82, 2.24) is 14.9 Å². The van der Waals surface area contributed by atoms with Gasteiger partial charge in [-0.05, 0) is 19.1 Å². The Labute approximate surface area is 132 Å². The second-order valence-electron chi connectivity index (χ2n) is 4.38. The van der Waals surface area contributed by atoms with E-state index in [9.17, 15) is 4.79 Å². The molecule has 1 amide bonds. The number of carbonyl (C=O) groups excluding carboxylic acids is 1. The highest BCUT2D eigenvalue weighted by molar-refractivity contribution is 6.42. The normalized spacial score (nSPS) is 12.0. The van der Waals surface area contributed by atoms with E-state index in [1.807, 2.05) is 0 Å². The predicted octanol–water partition coefficient (Wildman–Crippen LogP) is 2.95. The third-order valence-corrected chi connectivity index (χ3v) is 3.73. The van der Waals surface area contributed by atoms with Crippen LogP contribution in [0.25, 0.3) is 0 Å². The summed E-state index contributed by atoms with van der Waals surface area (Å²) in [7, 11) is 0. The molecule has 0 aliphatic rings. The van der Waals surface area contributed by atoms with Crippen LogP contribution in [0.1, 0.15) is 13.0 Å². The molecule has 1 N–H and O–H groups in total. The molecule has 0 spiro atoms. The van der Waals surface area contributed by atoms with Crippen LogP contribution in [0, 0.1) is 0 Å². The first kappa shape index (κ1) is 15.7. The van der Waals surface area contributed by atoms with Crippen LogP contribution in [0.4, 0.5) is 0 Å². The van der Waals surface area contributed by atoms with Crippen molar-refractivity contribution in [3.05, 3.63) is 47.0 Å². The zero-order valence-corrected chi connectivity index (χ0v) is 12.9. The Morgan fingerprint density at radius 3 is 3.00 bits per heavy atom. The summed E-state index contributed by atoms with van der Waals surface area (Å²) in [6, 6.07) is 4.85. The highest BCUT2D eigenvalue weighted by atomic mass is 35.5. The summed E-state index contributed by atoms with van der Waals surface area (Å²) in [4.78, 5) is 15.8. The van der Waals surface area contributed by atoms with E-state index in [0.717, 1.165) is 0 Å². The van der Waals surface area contributed by atoms with Crippen LogP contribution in [0.2, 0.25) is 10.0 Å². The molecule has 0 aliphatic carbocycles. The van der Waals surface area contributed by atoms with Crippen molar-refractivity contribution in [3.63, 3.8) is 0 Å². The Hall–Kier alpha value is -1.72. The minimum absolute atomic E-state index is 0.103. The number of ether oxygens (including phenoxy) is 1. The highest BCUT2D eigenvalue weighted by Gasteiger charge is 2.13. The van der Waals surface area contributed by atoms with Crippen molar-refractivity contribution < 1.29 is 9.53 Å². The van der Waals surface area contributed by atoms with Gasteiger partial charge in [-0.15, -0.1) is 0 Å². The van der Waals surface area contributed by atoms with Crippen LogP contribution < -0.4 is 10.1 Å². The molecule has 5 nitrogen and oxygen atoms in total. The van der Waals surface area contributed by atoms with Crippen LogP contribution in [0.3, 0.4) is 0 Å². The maximum absolute atomic E-state index is 11.9. The quantitative estimate of drug-likeness (QED) is 0.830. The molecule has 0 saturated heterocycles. The van der Waals surface area contributed by atoms with E-state index in [2.05, 4.69) is 10.3 Å². The Morgan fingerprint density at radius 2 is 2.29 bits per heavy atom. The smallest absolute Gasteiger partial charge is 0.242 e. The van der Waals surface area contributed by atoms with Crippen molar-refractivity contribution in [2.24, 2.45) is 0 Å². The molecule has 1 aromatic heterocycles. The molecule has 2 aromatic rings. The fraction of sp³-hybridized carbons (Fsp3) is 0.286. The average molecular weight is 328 g/mol. The maximum Gasteiger partial charge on any atom is 0.242 e. The fourth-order valence-corrected chi connectivity index (χ4v) is 2.06. The molecule has 0 bridgehead atoms. The zero-order valence-electron chi connectivity index (χ0n) is 11.4. The third-order valence-electron chi connectivity index (χ3n) is 2.93. The van der Waals surface area contributed by atoms with Gasteiger partial charge >= 0.3 is 0 Å². The molecule has 112 valence electrons. The predicted molar refractivity (Wildman–Crippen MR) is 81.9 cm³/mol. The first-order valence-electron chi connectivity index (χ1n) is 6.41. The molecule has 2 rings (SSSR count). The van der Waals surface area contributed by atoms with Gasteiger partial charge in [-0.3, -0.25) is 4.79 Å². The van der Waals surface area contributed by atoms with Gasteiger partial charge < -0.3 is 14.6 Å². The molecule has 21 heavy (non-hydrogen) atoms. The van der Waals surface area contributed by atoms with Crippen molar-refractivity contribution in [2.45, 2.75) is 13.0 Å². The Morgan fingerprint density at radius 1 is 1.48 bits per heavy atom. The maximum atomic E-state index is 11.9. The number of aromatic nitrogens is 2. The van der Waals surface area contributed by atoms with E-state index < -0.39 is 0 Å². The first-order valence-corrected chi connectivity index (χ1v) is 7.17. The Bertz CT molecular complexity index is 602. The van der Waals surface area contributed by atoms with Crippen LogP contribution >= 0.6 is 23.2 Å². The number of halogens is 2. The molecule has 1 heterocycles. The number of nitrogens with one attached hydrogen (secondary N) is 1. The van der Waals surface area contributed by atoms with Crippen molar-refractivity contribution >= 4 is 29.1 Å². The van der Waals surface area contributed by atoms with Crippen LogP contribution in [0.15, 0.2) is 36.9 Å². The summed E-state index contributed by atoms with van der Waals surface area (Å²) in [5.74, 6) is 0.398. The molecular formula is C14H15Cl2N3O2. The molecule has 0 aliphatic heterocycles. The van der Waals surface area contributed by atoms with E-state index in [1.54, 1.807) is 48.4 Å². The van der Waals surface area contributed by atoms with Gasteiger partial charge in [0, 0.05) is 12.4 Å². The topological polar surface area (TPSA) is 56.1 Å². The van der Waals surface area contributed by atoms with Gasteiger partial charge in [0.2, 0.25) is 5.91 Å². The lowest BCUT2D eigenvalue weighted by Crippen LogP contribution is -2.33. The minimum atomic E-state index is -0.317. The van der Waals surface area contributed by atoms with E-state index in [1.165, 1.54) is 0 Å². The fourth-order valence-electron chi connectivity index (χ4n) is 1.71. The number of imidazole rings is 1. The molecule has 0 fully saturated rings. The summed E-state index contributed by atoms with van der Waals surface area (Å²) in [6.07, 6.45) is 4.98. The number of hydrogen-bond acceptors (Lipinski definition) is 3. The standard InChI is InChI=1S/C14H15Cl2N3O2/c1-10(19-7-5-17-9-19)14(20)18-6-8-21-12-4-2-3-11(15)13(12)16/h2-5,7,9-10H,6,8H2,1H3,(H,18,20). The highest BCUT2D eigenvalue weighted by Crippen LogP contribution is 2.31. The number of hydrogen-bond donors (Lipinski definition) is 1. The van der Waals surface area contributed by atoms with Gasteiger partial charge in [0.1, 0.15) is 23.4 Å². The first-order chi connectivity index (χ1) is 10.1. The molecule has 0 radical (unpaired) electrons. The van der Waals surface area contributed by atoms with Gasteiger partial charge in [-0.2, -0.15) is 0 Å². The van der Waals surface area contributed by atoms with Gasteiger partial charge in [-0.1, -0.05) is 29.3 Å². The summed E-state index contributed by atoms with van der Waals surface area (Å²) < 4.78 is 7.21. The van der Waals surface area contributed by atoms with Crippen LogP contribution in [0.5, 0.6) is 5.75 Å². The van der Waals surface area contributed by atoms with Crippen molar-refractivity contribution in [1.29, 1.82) is 0 Å². The number of benzene rings is 1. The SMILES string of the molecule is CC(C(=O)NCCOc1cccc(Cl)c1Cl)n1ccnc1. The summed E-state index contributed by atoms with van der Waals surface area (Å²) in [5.41, 5.74) is 0. The van der Waals surface area contributed by atoms with E-state index in [4.69, 9.17) is 27.9 Å². The summed E-state index contributed by atoms with van der Waals surface area (Å²) in [5, 5.41) is 3.60. The van der Waals surface area contributed by atoms with Crippen molar-refractivity contribution in [2.75, 3.05) is 13.2 Å².